The highest BCUT2D eigenvalue weighted by Gasteiger charge is 2.23. The van der Waals surface area contributed by atoms with Gasteiger partial charge in [0.15, 0.2) is 0 Å². The maximum atomic E-state index is 2.48. The maximum absolute atomic E-state index is 2.48. The van der Waals surface area contributed by atoms with E-state index in [1.165, 1.54) is 69.8 Å². The van der Waals surface area contributed by atoms with Gasteiger partial charge >= 0.3 is 0 Å². The summed E-state index contributed by atoms with van der Waals surface area (Å²) >= 11 is 1.88. The lowest BCUT2D eigenvalue weighted by atomic mass is 9.93. The average Bonchev–Trinajstić information content (AvgIpc) is 3.84. The second-order valence-electron chi connectivity index (χ2n) is 14.5. The van der Waals surface area contributed by atoms with Gasteiger partial charge in [0.1, 0.15) is 0 Å². The molecule has 2 aromatic heterocycles. The van der Waals surface area contributed by atoms with E-state index in [1.807, 2.05) is 11.3 Å². The van der Waals surface area contributed by atoms with Gasteiger partial charge in [-0.25, -0.2) is 0 Å². The summed E-state index contributed by atoms with van der Waals surface area (Å²) in [6.07, 6.45) is 0. The lowest BCUT2D eigenvalue weighted by molar-refractivity contribution is 1.18. The molecule has 57 heavy (non-hydrogen) atoms. The first-order valence-electron chi connectivity index (χ1n) is 19.4. The molecule has 0 saturated heterocycles. The van der Waals surface area contributed by atoms with Crippen LogP contribution in [0.15, 0.2) is 218 Å². The van der Waals surface area contributed by atoms with Crippen molar-refractivity contribution in [3.05, 3.63) is 218 Å². The summed E-state index contributed by atoms with van der Waals surface area (Å²) < 4.78 is 5.11. The summed E-state index contributed by atoms with van der Waals surface area (Å²) in [5.74, 6) is 0. The fourth-order valence-corrected chi connectivity index (χ4v) is 9.93. The predicted molar refractivity (Wildman–Crippen MR) is 245 cm³/mol. The molecule has 0 radical (unpaired) electrons. The molecule has 0 fully saturated rings. The van der Waals surface area contributed by atoms with Gasteiger partial charge in [-0.15, -0.1) is 11.3 Å². The molecular weight excluding hydrogens is 709 g/mol. The Morgan fingerprint density at radius 2 is 0.965 bits per heavy atom. The minimum Gasteiger partial charge on any atom is -0.310 e. The van der Waals surface area contributed by atoms with Crippen LogP contribution in [0.4, 0.5) is 17.1 Å². The normalized spacial score (nSPS) is 11.5. The number of hydrogen-bond acceptors (Lipinski definition) is 2. The molecule has 0 aliphatic carbocycles. The molecule has 0 unspecified atom stereocenters. The van der Waals surface area contributed by atoms with Crippen LogP contribution in [0.3, 0.4) is 0 Å². The van der Waals surface area contributed by atoms with Gasteiger partial charge in [0.05, 0.1) is 22.4 Å². The predicted octanol–water partition coefficient (Wildman–Crippen LogP) is 15.6. The van der Waals surface area contributed by atoms with E-state index < -0.39 is 0 Å². The lowest BCUT2D eigenvalue weighted by Gasteiger charge is -2.27. The van der Waals surface area contributed by atoms with Crippen molar-refractivity contribution in [1.82, 2.24) is 4.57 Å². The van der Waals surface area contributed by atoms with E-state index in [4.69, 9.17) is 0 Å². The van der Waals surface area contributed by atoms with Crippen molar-refractivity contribution in [2.45, 2.75) is 0 Å². The van der Waals surface area contributed by atoms with Crippen LogP contribution < -0.4 is 4.90 Å². The van der Waals surface area contributed by atoms with Crippen molar-refractivity contribution in [2.75, 3.05) is 4.90 Å². The van der Waals surface area contributed by atoms with Gasteiger partial charge in [0, 0.05) is 53.4 Å². The van der Waals surface area contributed by atoms with Crippen molar-refractivity contribution in [1.29, 1.82) is 0 Å². The molecule has 0 N–H and O–H groups in total. The first kappa shape index (κ1) is 33.2. The summed E-state index contributed by atoms with van der Waals surface area (Å²) in [6.45, 7) is 0. The van der Waals surface area contributed by atoms with Gasteiger partial charge in [-0.2, -0.15) is 0 Å². The molecule has 11 aromatic rings. The van der Waals surface area contributed by atoms with Gasteiger partial charge in [0.2, 0.25) is 0 Å². The summed E-state index contributed by atoms with van der Waals surface area (Å²) in [5.41, 5.74) is 14.1. The van der Waals surface area contributed by atoms with E-state index in [9.17, 15) is 0 Å². The van der Waals surface area contributed by atoms with Crippen molar-refractivity contribution in [2.24, 2.45) is 0 Å². The molecule has 268 valence electrons. The van der Waals surface area contributed by atoms with Crippen molar-refractivity contribution in [3.8, 4) is 39.1 Å². The Morgan fingerprint density at radius 3 is 1.77 bits per heavy atom. The fourth-order valence-electron chi connectivity index (χ4n) is 8.70. The third-order valence-corrected chi connectivity index (χ3v) is 12.4. The third kappa shape index (κ3) is 5.55. The number of aromatic nitrogens is 1. The molecule has 9 aromatic carbocycles. The molecular formula is C54H36N2S. The van der Waals surface area contributed by atoms with Gasteiger partial charge in [-0.05, 0) is 76.9 Å². The SMILES string of the molecule is c1ccc(-c2ccc(N(c3ccccc3)c3cccc4c3c3ccccc3n4-c3ccccc3-c3cccc4c3sc3ccccc34)cc2-c2ccccc2)cc1. The molecule has 2 heterocycles. The molecule has 0 spiro atoms. The van der Waals surface area contributed by atoms with Gasteiger partial charge in [0.25, 0.3) is 0 Å². The molecule has 11 rings (SSSR count). The van der Waals surface area contributed by atoms with Crippen LogP contribution in [-0.2, 0) is 0 Å². The fraction of sp³-hybridized carbons (Fsp3) is 0. The van der Waals surface area contributed by atoms with Gasteiger partial charge in [-0.1, -0.05) is 164 Å². The topological polar surface area (TPSA) is 8.17 Å². The Morgan fingerprint density at radius 1 is 0.368 bits per heavy atom. The zero-order valence-corrected chi connectivity index (χ0v) is 31.9. The van der Waals surface area contributed by atoms with Crippen LogP contribution >= 0.6 is 11.3 Å². The van der Waals surface area contributed by atoms with Crippen LogP contribution in [0.2, 0.25) is 0 Å². The quantitative estimate of drug-likeness (QED) is 0.158. The molecule has 0 atom stereocenters. The third-order valence-electron chi connectivity index (χ3n) is 11.2. The summed E-state index contributed by atoms with van der Waals surface area (Å²) in [6, 6.07) is 79.3. The largest absolute Gasteiger partial charge is 0.310 e. The zero-order chi connectivity index (χ0) is 37.7. The monoisotopic (exact) mass is 744 g/mol. The first-order chi connectivity index (χ1) is 28.3. The average molecular weight is 745 g/mol. The van der Waals surface area contributed by atoms with Crippen molar-refractivity contribution < 1.29 is 0 Å². The second-order valence-corrected chi connectivity index (χ2v) is 15.5. The zero-order valence-electron chi connectivity index (χ0n) is 31.1. The number of fused-ring (bicyclic) bond motifs is 6. The number of rotatable bonds is 7. The first-order valence-corrected chi connectivity index (χ1v) is 20.3. The summed E-state index contributed by atoms with van der Waals surface area (Å²) in [4.78, 5) is 2.43. The molecule has 0 amide bonds. The van der Waals surface area contributed by atoms with E-state index >= 15 is 0 Å². The maximum Gasteiger partial charge on any atom is 0.0562 e. The number of hydrogen-bond donors (Lipinski definition) is 0. The van der Waals surface area contributed by atoms with Crippen LogP contribution in [0.5, 0.6) is 0 Å². The highest BCUT2D eigenvalue weighted by molar-refractivity contribution is 7.26. The van der Waals surface area contributed by atoms with Gasteiger partial charge < -0.3 is 9.47 Å². The highest BCUT2D eigenvalue weighted by atomic mass is 32.1. The van der Waals surface area contributed by atoms with Crippen LogP contribution in [0.25, 0.3) is 81.0 Å². The Labute approximate surface area is 335 Å². The number of anilines is 3. The van der Waals surface area contributed by atoms with Crippen molar-refractivity contribution in [3.63, 3.8) is 0 Å². The molecule has 0 aliphatic heterocycles. The Balaban J connectivity index is 1.17. The Kier molecular flexibility index (Phi) is 8.04. The number of para-hydroxylation sites is 3. The number of thiophene rings is 1. The summed E-state index contributed by atoms with van der Waals surface area (Å²) in [7, 11) is 0. The van der Waals surface area contributed by atoms with E-state index in [-0.39, 0.29) is 0 Å². The summed E-state index contributed by atoms with van der Waals surface area (Å²) in [5, 5.41) is 5.04. The van der Waals surface area contributed by atoms with E-state index in [0.717, 1.165) is 28.3 Å². The standard InChI is InChI=1S/C54H36N2S/c1-4-18-37(19-5-1)41-35-34-40(36-47(41)38-20-6-2-7-21-38)55(39-22-8-3-9-23-39)50-31-17-32-51-53(50)46-26-11-14-30-49(46)56(51)48-29-13-10-24-42(48)44-27-16-28-45-43-25-12-15-33-52(43)57-54(44)45/h1-36H. The molecule has 2 nitrogen and oxygen atoms in total. The van der Waals surface area contributed by atoms with E-state index in [2.05, 4.69) is 228 Å². The molecule has 0 aliphatic rings. The molecule has 0 bridgehead atoms. The number of nitrogens with zero attached hydrogens (tertiary/aromatic N) is 2. The second kappa shape index (κ2) is 13.8. The van der Waals surface area contributed by atoms with Crippen LogP contribution in [0, 0.1) is 0 Å². The van der Waals surface area contributed by atoms with Crippen LogP contribution in [0.1, 0.15) is 0 Å². The van der Waals surface area contributed by atoms with E-state index in [1.54, 1.807) is 0 Å². The van der Waals surface area contributed by atoms with Crippen LogP contribution in [-0.4, -0.2) is 4.57 Å². The van der Waals surface area contributed by atoms with Crippen molar-refractivity contribution >= 4 is 70.4 Å². The van der Waals surface area contributed by atoms with Gasteiger partial charge in [-0.3, -0.25) is 0 Å². The molecule has 0 saturated carbocycles. The highest BCUT2D eigenvalue weighted by Crippen LogP contribution is 2.47. The minimum absolute atomic E-state index is 1.10. The lowest BCUT2D eigenvalue weighted by Crippen LogP contribution is -2.10. The smallest absolute Gasteiger partial charge is 0.0562 e. The Bertz CT molecular complexity index is 3230. The number of benzene rings is 9. The minimum atomic E-state index is 1.10. The Hall–Kier alpha value is -7.20. The molecule has 3 heteroatoms. The van der Waals surface area contributed by atoms with E-state index in [0.29, 0.717) is 0 Å².